The van der Waals surface area contributed by atoms with Gasteiger partial charge in [-0.1, -0.05) is 6.07 Å². The zero-order valence-corrected chi connectivity index (χ0v) is 10.3. The van der Waals surface area contributed by atoms with Gasteiger partial charge in [0.05, 0.1) is 5.69 Å². The van der Waals surface area contributed by atoms with Crippen LogP contribution in [0.15, 0.2) is 53.5 Å². The minimum absolute atomic E-state index is 0.145. The molecule has 0 saturated heterocycles. The summed E-state index contributed by atoms with van der Waals surface area (Å²) in [4.78, 5) is 16.5. The van der Waals surface area contributed by atoms with Crippen molar-refractivity contribution in [2.24, 2.45) is 0 Å². The summed E-state index contributed by atoms with van der Waals surface area (Å²) in [6.45, 7) is 1.92. The standard InChI is InChI=1S/C15H11FN2O/c1-10-2-7-14-17-13(8-15(19)18(14)9-10)11-3-5-12(16)6-4-11/h2-9H,1H3. The maximum atomic E-state index is 12.9. The number of aryl methyl sites for hydroxylation is 1. The van der Waals surface area contributed by atoms with Gasteiger partial charge in [0.1, 0.15) is 11.5 Å². The highest BCUT2D eigenvalue weighted by Gasteiger charge is 2.05. The van der Waals surface area contributed by atoms with E-state index in [2.05, 4.69) is 4.98 Å². The van der Waals surface area contributed by atoms with Crippen molar-refractivity contribution >= 4 is 5.65 Å². The third-order valence-corrected chi connectivity index (χ3v) is 2.95. The fourth-order valence-electron chi connectivity index (χ4n) is 1.98. The van der Waals surface area contributed by atoms with Crippen molar-refractivity contribution in [2.45, 2.75) is 6.92 Å². The zero-order valence-electron chi connectivity index (χ0n) is 10.3. The number of benzene rings is 1. The second-order valence-corrected chi connectivity index (χ2v) is 4.42. The predicted octanol–water partition coefficient (Wildman–Crippen LogP) is 2.81. The molecule has 0 saturated carbocycles. The Hall–Kier alpha value is -2.49. The first-order valence-electron chi connectivity index (χ1n) is 5.89. The van der Waals surface area contributed by atoms with Crippen molar-refractivity contribution in [2.75, 3.05) is 0 Å². The lowest BCUT2D eigenvalue weighted by molar-refractivity contribution is 0.628. The molecular formula is C15H11FN2O. The van der Waals surface area contributed by atoms with Crippen LogP contribution in [0.25, 0.3) is 16.9 Å². The normalized spacial score (nSPS) is 10.8. The lowest BCUT2D eigenvalue weighted by atomic mass is 10.1. The molecule has 0 bridgehead atoms. The first kappa shape index (κ1) is 11.6. The van der Waals surface area contributed by atoms with Gasteiger partial charge in [-0.3, -0.25) is 9.20 Å². The number of hydrogen-bond acceptors (Lipinski definition) is 2. The van der Waals surface area contributed by atoms with Crippen molar-refractivity contribution in [3.8, 4) is 11.3 Å². The summed E-state index contributed by atoms with van der Waals surface area (Å²) in [6, 6.07) is 11.1. The lowest BCUT2D eigenvalue weighted by Crippen LogP contribution is -2.14. The van der Waals surface area contributed by atoms with E-state index in [1.165, 1.54) is 22.6 Å². The van der Waals surface area contributed by atoms with Crippen LogP contribution in [0.3, 0.4) is 0 Å². The van der Waals surface area contributed by atoms with Crippen LogP contribution < -0.4 is 5.56 Å². The zero-order chi connectivity index (χ0) is 13.4. The molecule has 0 radical (unpaired) electrons. The SMILES string of the molecule is Cc1ccc2nc(-c3ccc(F)cc3)cc(=O)n2c1. The minimum Gasteiger partial charge on any atom is -0.269 e. The van der Waals surface area contributed by atoms with E-state index in [0.29, 0.717) is 11.3 Å². The van der Waals surface area contributed by atoms with Gasteiger partial charge >= 0.3 is 0 Å². The summed E-state index contributed by atoms with van der Waals surface area (Å²) < 4.78 is 14.4. The summed E-state index contributed by atoms with van der Waals surface area (Å²) >= 11 is 0. The number of pyridine rings is 1. The maximum Gasteiger partial charge on any atom is 0.258 e. The Morgan fingerprint density at radius 1 is 1.11 bits per heavy atom. The van der Waals surface area contributed by atoms with E-state index in [0.717, 1.165) is 11.1 Å². The molecule has 2 heterocycles. The largest absolute Gasteiger partial charge is 0.269 e. The molecule has 0 atom stereocenters. The van der Waals surface area contributed by atoms with Crippen LogP contribution in [0.5, 0.6) is 0 Å². The summed E-state index contributed by atoms with van der Waals surface area (Å²) in [7, 11) is 0. The molecule has 1 aromatic carbocycles. The third-order valence-electron chi connectivity index (χ3n) is 2.95. The van der Waals surface area contributed by atoms with E-state index in [-0.39, 0.29) is 11.4 Å². The fraction of sp³-hybridized carbons (Fsp3) is 0.0667. The Morgan fingerprint density at radius 3 is 2.58 bits per heavy atom. The molecule has 0 aliphatic carbocycles. The molecule has 0 aliphatic heterocycles. The van der Waals surface area contributed by atoms with Crippen LogP contribution in [0, 0.1) is 12.7 Å². The molecule has 0 N–H and O–H groups in total. The molecule has 0 spiro atoms. The first-order valence-corrected chi connectivity index (χ1v) is 5.89. The Kier molecular flexibility index (Phi) is 2.63. The van der Waals surface area contributed by atoms with Crippen molar-refractivity contribution in [1.29, 1.82) is 0 Å². The van der Waals surface area contributed by atoms with Crippen molar-refractivity contribution in [3.63, 3.8) is 0 Å². The van der Waals surface area contributed by atoms with E-state index in [1.807, 2.05) is 13.0 Å². The summed E-state index contributed by atoms with van der Waals surface area (Å²) in [5.41, 5.74) is 2.70. The molecule has 3 nitrogen and oxygen atoms in total. The van der Waals surface area contributed by atoms with E-state index >= 15 is 0 Å². The number of hydrogen-bond donors (Lipinski definition) is 0. The highest BCUT2D eigenvalue weighted by atomic mass is 19.1. The van der Waals surface area contributed by atoms with Crippen molar-refractivity contribution in [3.05, 3.63) is 70.4 Å². The van der Waals surface area contributed by atoms with E-state index in [9.17, 15) is 9.18 Å². The summed E-state index contributed by atoms with van der Waals surface area (Å²) in [5, 5.41) is 0. The van der Waals surface area contributed by atoms with Crippen molar-refractivity contribution < 1.29 is 4.39 Å². The van der Waals surface area contributed by atoms with E-state index in [4.69, 9.17) is 0 Å². The number of halogens is 1. The highest BCUT2D eigenvalue weighted by molar-refractivity contribution is 5.61. The van der Waals surface area contributed by atoms with Gasteiger partial charge in [-0.25, -0.2) is 9.37 Å². The molecule has 0 amide bonds. The molecule has 0 unspecified atom stereocenters. The van der Waals surface area contributed by atoms with Gasteiger partial charge < -0.3 is 0 Å². The van der Waals surface area contributed by atoms with Crippen LogP contribution in [0.2, 0.25) is 0 Å². The van der Waals surface area contributed by atoms with Gasteiger partial charge in [0.2, 0.25) is 0 Å². The monoisotopic (exact) mass is 254 g/mol. The van der Waals surface area contributed by atoms with Gasteiger partial charge in [-0.05, 0) is 42.8 Å². The average molecular weight is 254 g/mol. The number of nitrogens with zero attached hydrogens (tertiary/aromatic N) is 2. The molecule has 3 aromatic rings. The van der Waals surface area contributed by atoms with Crippen LogP contribution in [0.4, 0.5) is 4.39 Å². The smallest absolute Gasteiger partial charge is 0.258 e. The third kappa shape index (κ3) is 2.12. The molecular weight excluding hydrogens is 243 g/mol. The predicted molar refractivity (Wildman–Crippen MR) is 71.6 cm³/mol. The molecule has 3 rings (SSSR count). The number of fused-ring (bicyclic) bond motifs is 1. The van der Waals surface area contributed by atoms with Crippen LogP contribution in [-0.2, 0) is 0 Å². The average Bonchev–Trinajstić information content (AvgIpc) is 2.40. The Balaban J connectivity index is 2.24. The van der Waals surface area contributed by atoms with Gasteiger partial charge in [0.15, 0.2) is 0 Å². The van der Waals surface area contributed by atoms with Crippen LogP contribution in [0.1, 0.15) is 5.56 Å². The molecule has 4 heteroatoms. The maximum absolute atomic E-state index is 12.9. The number of aromatic nitrogens is 2. The Labute approximate surface area is 109 Å². The molecule has 0 aliphatic rings. The summed E-state index contributed by atoms with van der Waals surface area (Å²) in [5.74, 6) is -0.308. The minimum atomic E-state index is -0.308. The van der Waals surface area contributed by atoms with E-state index < -0.39 is 0 Å². The number of rotatable bonds is 1. The van der Waals surface area contributed by atoms with Crippen molar-refractivity contribution in [1.82, 2.24) is 9.38 Å². The topological polar surface area (TPSA) is 34.4 Å². The lowest BCUT2D eigenvalue weighted by Gasteiger charge is -2.05. The Bertz CT molecular complexity index is 806. The highest BCUT2D eigenvalue weighted by Crippen LogP contribution is 2.16. The second-order valence-electron chi connectivity index (χ2n) is 4.42. The van der Waals surface area contributed by atoms with Gasteiger partial charge in [-0.15, -0.1) is 0 Å². The van der Waals surface area contributed by atoms with Gasteiger partial charge in [0.25, 0.3) is 5.56 Å². The first-order chi connectivity index (χ1) is 9.13. The van der Waals surface area contributed by atoms with Gasteiger partial charge in [0, 0.05) is 17.8 Å². The summed E-state index contributed by atoms with van der Waals surface area (Å²) in [6.07, 6.45) is 1.75. The second kappa shape index (κ2) is 4.31. The molecule has 19 heavy (non-hydrogen) atoms. The fourth-order valence-corrected chi connectivity index (χ4v) is 1.98. The molecule has 0 fully saturated rings. The quantitative estimate of drug-likeness (QED) is 0.669. The van der Waals surface area contributed by atoms with Crippen LogP contribution in [-0.4, -0.2) is 9.38 Å². The van der Waals surface area contributed by atoms with E-state index in [1.54, 1.807) is 24.4 Å². The Morgan fingerprint density at radius 2 is 1.84 bits per heavy atom. The molecule has 94 valence electrons. The van der Waals surface area contributed by atoms with Gasteiger partial charge in [-0.2, -0.15) is 0 Å². The molecule has 2 aromatic heterocycles. The van der Waals surface area contributed by atoms with Crippen LogP contribution >= 0.6 is 0 Å².